The highest BCUT2D eigenvalue weighted by molar-refractivity contribution is 5.86. The molecule has 0 aromatic rings. The van der Waals surface area contributed by atoms with Crippen LogP contribution < -0.4 is 10.6 Å². The molecule has 0 saturated heterocycles. The smallest absolute Gasteiger partial charge is 0.326 e. The third-order valence-electron chi connectivity index (χ3n) is 7.31. The van der Waals surface area contributed by atoms with Gasteiger partial charge in [-0.3, -0.25) is 24.0 Å². The minimum Gasteiger partial charge on any atom is -0.481 e. The van der Waals surface area contributed by atoms with Crippen LogP contribution in [0, 0.1) is 5.92 Å². The largest absolute Gasteiger partial charge is 0.481 e. The van der Waals surface area contributed by atoms with Crippen molar-refractivity contribution < 1.29 is 44.1 Å². The first kappa shape index (κ1) is 39.0. The summed E-state index contributed by atoms with van der Waals surface area (Å²) in [6.45, 7) is 2.18. The number of carbonyl (C=O) groups excluding carboxylic acids is 3. The van der Waals surface area contributed by atoms with Gasteiger partial charge in [0.25, 0.3) is 0 Å². The molecule has 0 heterocycles. The van der Waals surface area contributed by atoms with Crippen LogP contribution in [0.2, 0.25) is 0 Å². The minimum absolute atomic E-state index is 0.00714. The Morgan fingerprint density at radius 3 is 1.45 bits per heavy atom. The predicted molar refractivity (Wildman–Crippen MR) is 159 cm³/mol. The van der Waals surface area contributed by atoms with Gasteiger partial charge in [-0.1, -0.05) is 77.0 Å². The van der Waals surface area contributed by atoms with Crippen molar-refractivity contribution >= 4 is 35.5 Å². The van der Waals surface area contributed by atoms with Crippen LogP contribution in [0.15, 0.2) is 0 Å². The Bertz CT molecular complexity index is 816. The van der Waals surface area contributed by atoms with E-state index in [1.807, 2.05) is 0 Å². The highest BCUT2D eigenvalue weighted by Crippen LogP contribution is 2.16. The Morgan fingerprint density at radius 1 is 0.548 bits per heavy atom. The summed E-state index contributed by atoms with van der Waals surface area (Å²) in [5, 5.41) is 32.4. The molecule has 42 heavy (non-hydrogen) atoms. The zero-order chi connectivity index (χ0) is 31.6. The van der Waals surface area contributed by atoms with E-state index >= 15 is 0 Å². The van der Waals surface area contributed by atoms with Crippen molar-refractivity contribution in [1.82, 2.24) is 10.6 Å². The van der Waals surface area contributed by atoms with E-state index in [2.05, 4.69) is 10.6 Å². The van der Waals surface area contributed by atoms with E-state index in [9.17, 15) is 39.0 Å². The molecule has 2 atom stereocenters. The van der Waals surface area contributed by atoms with E-state index in [-0.39, 0.29) is 56.8 Å². The van der Waals surface area contributed by atoms with E-state index in [1.54, 1.807) is 6.92 Å². The first-order valence-corrected chi connectivity index (χ1v) is 15.8. The van der Waals surface area contributed by atoms with E-state index in [0.717, 1.165) is 44.9 Å². The number of aliphatic carboxylic acids is 3. The minimum atomic E-state index is -1.24. The van der Waals surface area contributed by atoms with Crippen molar-refractivity contribution in [2.24, 2.45) is 5.92 Å². The van der Waals surface area contributed by atoms with E-state index in [1.165, 1.54) is 38.5 Å². The fourth-order valence-electron chi connectivity index (χ4n) is 4.79. The molecule has 5 N–H and O–H groups in total. The Morgan fingerprint density at radius 2 is 1.02 bits per heavy atom. The van der Waals surface area contributed by atoms with Crippen molar-refractivity contribution in [3.63, 3.8) is 0 Å². The van der Waals surface area contributed by atoms with Crippen LogP contribution in [0.5, 0.6) is 0 Å². The van der Waals surface area contributed by atoms with Crippen molar-refractivity contribution in [2.45, 2.75) is 148 Å². The number of unbranched alkanes of at least 4 members (excludes halogenated alkanes) is 13. The molecule has 0 aliphatic rings. The second kappa shape index (κ2) is 25.7. The molecule has 0 aromatic carbocycles. The zero-order valence-corrected chi connectivity index (χ0v) is 25.5. The summed E-state index contributed by atoms with van der Waals surface area (Å²) in [5.41, 5.74) is 0. The van der Waals surface area contributed by atoms with Crippen LogP contribution in [0.3, 0.4) is 0 Å². The molecule has 11 nitrogen and oxygen atoms in total. The molecule has 0 spiro atoms. The molecule has 0 bridgehead atoms. The topological polar surface area (TPSA) is 187 Å². The molecule has 0 radical (unpaired) electrons. The second-order valence-electron chi connectivity index (χ2n) is 11.1. The number of carboxylic acid groups (broad SMARTS) is 3. The second-order valence-corrected chi connectivity index (χ2v) is 11.1. The highest BCUT2D eigenvalue weighted by atomic mass is 16.4. The molecule has 0 unspecified atom stereocenters. The van der Waals surface area contributed by atoms with Gasteiger partial charge in [-0.05, 0) is 32.6 Å². The number of carboxylic acids is 3. The predicted octanol–water partition coefficient (Wildman–Crippen LogP) is 5.24. The van der Waals surface area contributed by atoms with E-state index in [0.29, 0.717) is 13.0 Å². The fourth-order valence-corrected chi connectivity index (χ4v) is 4.79. The van der Waals surface area contributed by atoms with Crippen LogP contribution in [0.25, 0.3) is 0 Å². The molecule has 0 saturated carbocycles. The summed E-state index contributed by atoms with van der Waals surface area (Å²) in [6, 6.07) is -1.21. The Kier molecular flexibility index (Phi) is 23.9. The average Bonchev–Trinajstić information content (AvgIpc) is 2.92. The lowest BCUT2D eigenvalue weighted by Crippen LogP contribution is -2.41. The summed E-state index contributed by atoms with van der Waals surface area (Å²) < 4.78 is 0. The first-order chi connectivity index (χ1) is 20.1. The third kappa shape index (κ3) is 23.7. The lowest BCUT2D eigenvalue weighted by molar-refractivity contribution is -0.145. The van der Waals surface area contributed by atoms with Crippen molar-refractivity contribution in [2.75, 3.05) is 6.54 Å². The van der Waals surface area contributed by atoms with Crippen LogP contribution in [0.1, 0.15) is 142 Å². The molecule has 11 heteroatoms. The van der Waals surface area contributed by atoms with E-state index in [4.69, 9.17) is 5.11 Å². The average molecular weight is 599 g/mol. The third-order valence-corrected chi connectivity index (χ3v) is 7.31. The number of carbonyl (C=O) groups is 6. The molecule has 0 aliphatic carbocycles. The standard InChI is InChI=1S/C31H54N2O9/c1-2-32-27(35)22-19-24(30(39)40)23-25(34)20-21-26(31(41)42)33-28(36)17-15-13-11-9-7-5-3-4-6-8-10-12-14-16-18-29(37)38/h24,26H,2-23H2,1H3,(H,32,35)(H,33,36)(H,37,38)(H,39,40)(H,41,42)/t24-,26+/m1/s1. The number of rotatable bonds is 29. The fraction of sp³-hybridized carbons (Fsp3) is 0.806. The van der Waals surface area contributed by atoms with Gasteiger partial charge in [0.1, 0.15) is 11.8 Å². The van der Waals surface area contributed by atoms with Crippen LogP contribution in [-0.4, -0.2) is 63.4 Å². The molecule has 0 aliphatic heterocycles. The monoisotopic (exact) mass is 598 g/mol. The number of hydrogen-bond acceptors (Lipinski definition) is 6. The molecule has 0 fully saturated rings. The molecule has 2 amide bonds. The first-order valence-electron chi connectivity index (χ1n) is 15.8. The van der Waals surface area contributed by atoms with Gasteiger partial charge >= 0.3 is 17.9 Å². The number of ketones is 1. The SMILES string of the molecule is CCNC(=O)CC[C@H](CC(=O)CC[C@H](NC(=O)CCCCCCCCCCCCCCCCC(=O)O)C(=O)O)C(=O)O. The van der Waals surface area contributed by atoms with Gasteiger partial charge in [0.15, 0.2) is 0 Å². The van der Waals surface area contributed by atoms with Gasteiger partial charge in [-0.15, -0.1) is 0 Å². The van der Waals surface area contributed by atoms with Gasteiger partial charge in [-0.25, -0.2) is 4.79 Å². The van der Waals surface area contributed by atoms with E-state index < -0.39 is 35.7 Å². The Hall–Kier alpha value is -2.98. The molecular formula is C31H54N2O9. The Balaban J connectivity index is 3.95. The maximum absolute atomic E-state index is 12.3. The number of hydrogen-bond donors (Lipinski definition) is 5. The van der Waals surface area contributed by atoms with Crippen LogP contribution in [0.4, 0.5) is 0 Å². The summed E-state index contributed by atoms with van der Waals surface area (Å²) in [7, 11) is 0. The van der Waals surface area contributed by atoms with Crippen molar-refractivity contribution in [3.8, 4) is 0 Å². The number of amides is 2. The van der Waals surface area contributed by atoms with Crippen LogP contribution in [-0.2, 0) is 28.8 Å². The van der Waals surface area contributed by atoms with Crippen LogP contribution >= 0.6 is 0 Å². The number of nitrogens with one attached hydrogen (secondary N) is 2. The van der Waals surface area contributed by atoms with Gasteiger partial charge in [0.2, 0.25) is 11.8 Å². The molecule has 0 aromatic heterocycles. The summed E-state index contributed by atoms with van der Waals surface area (Å²) in [5.74, 6) is -5.22. The molecule has 242 valence electrons. The van der Waals surface area contributed by atoms with Crippen molar-refractivity contribution in [3.05, 3.63) is 0 Å². The van der Waals surface area contributed by atoms with Gasteiger partial charge < -0.3 is 26.0 Å². The summed E-state index contributed by atoms with van der Waals surface area (Å²) in [4.78, 5) is 69.6. The normalized spacial score (nSPS) is 12.3. The van der Waals surface area contributed by atoms with Gasteiger partial charge in [-0.2, -0.15) is 0 Å². The summed E-state index contributed by atoms with van der Waals surface area (Å²) >= 11 is 0. The quantitative estimate of drug-likeness (QED) is 0.0718. The van der Waals surface area contributed by atoms with Crippen molar-refractivity contribution in [1.29, 1.82) is 0 Å². The molecular weight excluding hydrogens is 544 g/mol. The summed E-state index contributed by atoms with van der Waals surface area (Å²) in [6.07, 6.45) is 14.9. The maximum atomic E-state index is 12.3. The lowest BCUT2D eigenvalue weighted by Gasteiger charge is -2.15. The Labute approximate surface area is 250 Å². The van der Waals surface area contributed by atoms with Gasteiger partial charge in [0, 0.05) is 38.6 Å². The highest BCUT2D eigenvalue weighted by Gasteiger charge is 2.25. The molecule has 0 rings (SSSR count). The zero-order valence-electron chi connectivity index (χ0n) is 25.5. The maximum Gasteiger partial charge on any atom is 0.326 e. The lowest BCUT2D eigenvalue weighted by atomic mass is 9.94. The number of Topliss-reactive ketones (excluding diaryl/α,β-unsaturated/α-hetero) is 1. The van der Waals surface area contributed by atoms with Gasteiger partial charge in [0.05, 0.1) is 5.92 Å².